The first-order valence-electron chi connectivity index (χ1n) is 10.7. The van der Waals surface area contributed by atoms with Crippen LogP contribution in [-0.4, -0.2) is 46.0 Å². The fourth-order valence-electron chi connectivity index (χ4n) is 4.20. The standard InChI is InChI=1S/C24H25N7S/c25-20-22(29-24-26-11-16-32-24)27-17-28-23(20)31-14-12-30(13-15-31)21(18-7-3-1-4-8-18)19-9-5-2-6-10-19/h1-11,16-17,21H,12-15,25H2,(H,26,27,28,29). The summed E-state index contributed by atoms with van der Waals surface area (Å²) in [4.78, 5) is 17.8. The Kier molecular flexibility index (Phi) is 5.96. The van der Waals surface area contributed by atoms with Gasteiger partial charge < -0.3 is 16.0 Å². The molecule has 0 radical (unpaired) electrons. The minimum atomic E-state index is 0.226. The molecule has 0 amide bonds. The van der Waals surface area contributed by atoms with E-state index in [4.69, 9.17) is 5.73 Å². The molecule has 3 heterocycles. The molecular formula is C24H25N7S. The number of aromatic nitrogens is 3. The quantitative estimate of drug-likeness (QED) is 0.463. The second-order valence-corrected chi connectivity index (χ2v) is 8.56. The molecule has 1 fully saturated rings. The Bertz CT molecular complexity index is 1090. The summed E-state index contributed by atoms with van der Waals surface area (Å²) in [7, 11) is 0. The van der Waals surface area contributed by atoms with E-state index in [1.54, 1.807) is 12.5 Å². The zero-order valence-electron chi connectivity index (χ0n) is 17.6. The van der Waals surface area contributed by atoms with Gasteiger partial charge in [-0.05, 0) is 11.1 Å². The van der Waals surface area contributed by atoms with Crippen LogP contribution in [0.2, 0.25) is 0 Å². The minimum Gasteiger partial charge on any atom is -0.393 e. The fraction of sp³-hybridized carbons (Fsp3) is 0.208. The average molecular weight is 444 g/mol. The Hall–Kier alpha value is -3.49. The minimum absolute atomic E-state index is 0.226. The van der Waals surface area contributed by atoms with Gasteiger partial charge in [0.15, 0.2) is 16.8 Å². The van der Waals surface area contributed by atoms with E-state index in [0.717, 1.165) is 37.1 Å². The summed E-state index contributed by atoms with van der Waals surface area (Å²) < 4.78 is 0. The average Bonchev–Trinajstić information content (AvgIpc) is 3.36. The maximum absolute atomic E-state index is 6.44. The second-order valence-electron chi connectivity index (χ2n) is 7.67. The fourth-order valence-corrected chi connectivity index (χ4v) is 4.73. The van der Waals surface area contributed by atoms with Crippen molar-refractivity contribution < 1.29 is 0 Å². The highest BCUT2D eigenvalue weighted by Gasteiger charge is 2.28. The zero-order valence-corrected chi connectivity index (χ0v) is 18.4. The summed E-state index contributed by atoms with van der Waals surface area (Å²) in [6, 6.07) is 21.7. The number of anilines is 4. The van der Waals surface area contributed by atoms with Gasteiger partial charge in [-0.1, -0.05) is 60.7 Å². The number of hydrogen-bond donors (Lipinski definition) is 2. The molecule has 5 rings (SSSR count). The van der Waals surface area contributed by atoms with Crippen molar-refractivity contribution in [2.24, 2.45) is 0 Å². The number of nitrogen functional groups attached to an aromatic ring is 1. The summed E-state index contributed by atoms with van der Waals surface area (Å²) in [5.41, 5.74) is 9.61. The van der Waals surface area contributed by atoms with Crippen LogP contribution in [-0.2, 0) is 0 Å². The van der Waals surface area contributed by atoms with Crippen molar-refractivity contribution in [3.8, 4) is 0 Å². The highest BCUT2D eigenvalue weighted by Crippen LogP contribution is 2.33. The van der Waals surface area contributed by atoms with Gasteiger partial charge in [-0.15, -0.1) is 11.3 Å². The second kappa shape index (κ2) is 9.33. The van der Waals surface area contributed by atoms with E-state index < -0.39 is 0 Å². The van der Waals surface area contributed by atoms with Gasteiger partial charge in [-0.2, -0.15) is 0 Å². The topological polar surface area (TPSA) is 83.2 Å². The Balaban J connectivity index is 1.34. The van der Waals surface area contributed by atoms with Crippen LogP contribution in [0.1, 0.15) is 17.2 Å². The van der Waals surface area contributed by atoms with Crippen LogP contribution < -0.4 is 16.0 Å². The molecule has 1 aliphatic rings. The van der Waals surface area contributed by atoms with Crippen molar-refractivity contribution in [1.29, 1.82) is 0 Å². The third-order valence-electron chi connectivity index (χ3n) is 5.73. The molecule has 1 aliphatic heterocycles. The van der Waals surface area contributed by atoms with E-state index in [2.05, 4.69) is 90.7 Å². The molecule has 2 aromatic heterocycles. The summed E-state index contributed by atoms with van der Waals surface area (Å²) >= 11 is 1.51. The van der Waals surface area contributed by atoms with Crippen LogP contribution in [0.15, 0.2) is 78.6 Å². The Morgan fingerprint density at radius 2 is 1.50 bits per heavy atom. The number of hydrogen-bond acceptors (Lipinski definition) is 8. The molecule has 0 aliphatic carbocycles. The van der Waals surface area contributed by atoms with Gasteiger partial charge in [0, 0.05) is 37.8 Å². The van der Waals surface area contributed by atoms with Gasteiger partial charge >= 0.3 is 0 Å². The highest BCUT2D eigenvalue weighted by molar-refractivity contribution is 7.13. The van der Waals surface area contributed by atoms with E-state index in [-0.39, 0.29) is 6.04 Å². The van der Waals surface area contributed by atoms with Gasteiger partial charge in [0.05, 0.1) is 6.04 Å². The lowest BCUT2D eigenvalue weighted by Crippen LogP contribution is -2.48. The molecule has 1 saturated heterocycles. The van der Waals surface area contributed by atoms with E-state index in [1.165, 1.54) is 22.5 Å². The molecule has 2 aromatic carbocycles. The van der Waals surface area contributed by atoms with Crippen LogP contribution in [0.4, 0.5) is 22.5 Å². The molecule has 0 atom stereocenters. The largest absolute Gasteiger partial charge is 0.393 e. The SMILES string of the molecule is Nc1c(Nc2nccs2)ncnc1N1CCN(C(c2ccccc2)c2ccccc2)CC1. The molecule has 162 valence electrons. The molecule has 8 heteroatoms. The van der Waals surface area contributed by atoms with Gasteiger partial charge in [0.2, 0.25) is 0 Å². The monoisotopic (exact) mass is 443 g/mol. The lowest BCUT2D eigenvalue weighted by Gasteiger charge is -2.40. The predicted molar refractivity (Wildman–Crippen MR) is 130 cm³/mol. The van der Waals surface area contributed by atoms with Crippen molar-refractivity contribution in [2.75, 3.05) is 42.1 Å². The Morgan fingerprint density at radius 1 is 0.844 bits per heavy atom. The molecule has 3 N–H and O–H groups in total. The number of nitrogens with one attached hydrogen (secondary N) is 1. The smallest absolute Gasteiger partial charge is 0.188 e. The molecule has 0 unspecified atom stereocenters. The van der Waals surface area contributed by atoms with Gasteiger partial charge in [-0.25, -0.2) is 15.0 Å². The first kappa shape index (κ1) is 20.4. The van der Waals surface area contributed by atoms with E-state index in [9.17, 15) is 0 Å². The number of benzene rings is 2. The van der Waals surface area contributed by atoms with Crippen LogP contribution in [0.3, 0.4) is 0 Å². The summed E-state index contributed by atoms with van der Waals surface area (Å²) in [5, 5.41) is 5.87. The van der Waals surface area contributed by atoms with Crippen LogP contribution >= 0.6 is 11.3 Å². The van der Waals surface area contributed by atoms with Crippen LogP contribution in [0.5, 0.6) is 0 Å². The Morgan fingerprint density at radius 3 is 2.09 bits per heavy atom. The number of rotatable bonds is 6. The molecule has 7 nitrogen and oxygen atoms in total. The lowest BCUT2D eigenvalue weighted by molar-refractivity contribution is 0.212. The van der Waals surface area contributed by atoms with E-state index in [0.29, 0.717) is 11.5 Å². The lowest BCUT2D eigenvalue weighted by atomic mass is 9.96. The Labute approximate surface area is 191 Å². The zero-order chi connectivity index (χ0) is 21.8. The normalized spacial score (nSPS) is 14.6. The molecular weight excluding hydrogens is 418 g/mol. The molecule has 0 spiro atoms. The summed E-state index contributed by atoms with van der Waals surface area (Å²) in [6.45, 7) is 3.50. The van der Waals surface area contributed by atoms with Crippen molar-refractivity contribution >= 4 is 33.8 Å². The van der Waals surface area contributed by atoms with Gasteiger partial charge in [0.25, 0.3) is 0 Å². The van der Waals surface area contributed by atoms with Gasteiger partial charge in [-0.3, -0.25) is 4.90 Å². The molecule has 0 saturated carbocycles. The molecule has 4 aromatic rings. The number of thiazole rings is 1. The number of nitrogens with zero attached hydrogens (tertiary/aromatic N) is 5. The third-order valence-corrected chi connectivity index (χ3v) is 6.42. The third kappa shape index (κ3) is 4.28. The number of piperazine rings is 1. The first-order chi connectivity index (χ1) is 15.8. The molecule has 0 bridgehead atoms. The predicted octanol–water partition coefficient (Wildman–Crippen LogP) is 4.17. The first-order valence-corrected chi connectivity index (χ1v) is 11.5. The maximum atomic E-state index is 6.44. The summed E-state index contributed by atoms with van der Waals surface area (Å²) in [6.07, 6.45) is 3.31. The van der Waals surface area contributed by atoms with Crippen molar-refractivity contribution in [3.63, 3.8) is 0 Å². The van der Waals surface area contributed by atoms with Crippen molar-refractivity contribution in [1.82, 2.24) is 19.9 Å². The highest BCUT2D eigenvalue weighted by atomic mass is 32.1. The summed E-state index contributed by atoms with van der Waals surface area (Å²) in [5.74, 6) is 1.37. The molecule has 32 heavy (non-hydrogen) atoms. The van der Waals surface area contributed by atoms with E-state index in [1.807, 2.05) is 5.38 Å². The van der Waals surface area contributed by atoms with Crippen LogP contribution in [0.25, 0.3) is 0 Å². The van der Waals surface area contributed by atoms with Crippen molar-refractivity contribution in [3.05, 3.63) is 89.7 Å². The van der Waals surface area contributed by atoms with E-state index >= 15 is 0 Å². The number of nitrogens with two attached hydrogens (primary N) is 1. The van der Waals surface area contributed by atoms with Gasteiger partial charge in [0.1, 0.15) is 12.0 Å². The maximum Gasteiger partial charge on any atom is 0.188 e. The van der Waals surface area contributed by atoms with Crippen molar-refractivity contribution in [2.45, 2.75) is 6.04 Å². The van der Waals surface area contributed by atoms with Crippen LogP contribution in [0, 0.1) is 0 Å².